The molecule has 0 spiro atoms. The molecule has 1 aromatic rings. The Kier molecular flexibility index (Phi) is 8.10. The Bertz CT molecular complexity index is 627. The third-order valence-corrected chi connectivity index (χ3v) is 4.47. The first-order valence-electron chi connectivity index (χ1n) is 9.39. The van der Waals surface area contributed by atoms with Crippen molar-refractivity contribution in [3.05, 3.63) is 35.9 Å². The average molecular weight is 376 g/mol. The minimum atomic E-state index is -0.882. The minimum absolute atomic E-state index is 0.107. The van der Waals surface area contributed by atoms with Crippen molar-refractivity contribution < 1.29 is 23.9 Å². The van der Waals surface area contributed by atoms with Crippen LogP contribution in [-0.2, 0) is 25.7 Å². The molecule has 2 rings (SSSR count). The minimum Gasteiger partial charge on any atom is -0.454 e. The fourth-order valence-corrected chi connectivity index (χ4v) is 2.96. The number of hydrogen-bond acceptors (Lipinski definition) is 5. The maximum absolute atomic E-state index is 12.3. The van der Waals surface area contributed by atoms with E-state index < -0.39 is 18.1 Å². The molecule has 0 aromatic heterocycles. The summed E-state index contributed by atoms with van der Waals surface area (Å²) in [4.78, 5) is 36.1. The van der Waals surface area contributed by atoms with Gasteiger partial charge in [0.25, 0.3) is 5.91 Å². The normalized spacial score (nSPS) is 15.2. The summed E-state index contributed by atoms with van der Waals surface area (Å²) in [7, 11) is 0. The van der Waals surface area contributed by atoms with E-state index in [1.807, 2.05) is 30.3 Å². The predicted octanol–water partition coefficient (Wildman–Crippen LogP) is 2.54. The number of benzene rings is 1. The Hall–Kier alpha value is -2.57. The quantitative estimate of drug-likeness (QED) is 0.680. The van der Waals surface area contributed by atoms with E-state index in [2.05, 4.69) is 10.6 Å². The highest BCUT2D eigenvalue weighted by molar-refractivity contribution is 5.85. The van der Waals surface area contributed by atoms with E-state index in [1.54, 1.807) is 13.8 Å². The van der Waals surface area contributed by atoms with Crippen LogP contribution in [0.1, 0.15) is 45.1 Å². The molecule has 0 aliphatic heterocycles. The molecule has 7 heteroatoms. The van der Waals surface area contributed by atoms with Crippen LogP contribution < -0.4 is 10.6 Å². The first kappa shape index (κ1) is 20.7. The van der Waals surface area contributed by atoms with Crippen LogP contribution in [0.5, 0.6) is 0 Å². The molecule has 0 bridgehead atoms. The monoisotopic (exact) mass is 376 g/mol. The van der Waals surface area contributed by atoms with E-state index in [1.165, 1.54) is 0 Å². The average Bonchev–Trinajstić information content (AvgIpc) is 3.16. The van der Waals surface area contributed by atoms with Gasteiger partial charge in [0.15, 0.2) is 6.61 Å². The molecule has 1 saturated carbocycles. The van der Waals surface area contributed by atoms with Gasteiger partial charge in [0.05, 0.1) is 0 Å². The van der Waals surface area contributed by atoms with E-state index in [0.717, 1.165) is 31.2 Å². The lowest BCUT2D eigenvalue weighted by molar-refractivity contribution is -0.151. The van der Waals surface area contributed by atoms with E-state index in [-0.39, 0.29) is 31.1 Å². The molecule has 148 valence electrons. The van der Waals surface area contributed by atoms with Crippen LogP contribution in [0.3, 0.4) is 0 Å². The molecule has 7 nitrogen and oxygen atoms in total. The van der Waals surface area contributed by atoms with Gasteiger partial charge in [-0.3, -0.25) is 4.79 Å². The second-order valence-corrected chi connectivity index (χ2v) is 7.08. The van der Waals surface area contributed by atoms with Crippen molar-refractivity contribution in [1.29, 1.82) is 0 Å². The number of nitrogens with one attached hydrogen (secondary N) is 2. The summed E-state index contributed by atoms with van der Waals surface area (Å²) in [6.07, 6.45) is 3.43. The lowest BCUT2D eigenvalue weighted by atomic mass is 10.1. The third-order valence-electron chi connectivity index (χ3n) is 4.47. The van der Waals surface area contributed by atoms with Crippen LogP contribution in [0.15, 0.2) is 30.3 Å². The standard InChI is InChI=1S/C20H28N2O5/c1-14(2)18(22-20(25)27-12-15-8-4-3-5-9-15)19(24)26-13-17(23)21-16-10-6-7-11-16/h3-5,8-9,14,16,18H,6-7,10-13H2,1-2H3,(H,21,23)(H,22,25)/t18-/m0/s1. The van der Waals surface area contributed by atoms with E-state index >= 15 is 0 Å². The van der Waals surface area contributed by atoms with Gasteiger partial charge in [-0.05, 0) is 24.3 Å². The smallest absolute Gasteiger partial charge is 0.408 e. The summed E-state index contributed by atoms with van der Waals surface area (Å²) in [6, 6.07) is 8.53. The second-order valence-electron chi connectivity index (χ2n) is 7.08. The molecule has 1 atom stereocenters. The first-order valence-corrected chi connectivity index (χ1v) is 9.39. The van der Waals surface area contributed by atoms with Crippen molar-refractivity contribution in [2.75, 3.05) is 6.61 Å². The van der Waals surface area contributed by atoms with Crippen molar-refractivity contribution in [3.8, 4) is 0 Å². The zero-order valence-electron chi connectivity index (χ0n) is 15.9. The molecule has 0 unspecified atom stereocenters. The molecule has 1 aliphatic rings. The van der Waals surface area contributed by atoms with Gasteiger partial charge in [0, 0.05) is 6.04 Å². The van der Waals surface area contributed by atoms with Crippen LogP contribution in [0, 0.1) is 5.92 Å². The lowest BCUT2D eigenvalue weighted by Gasteiger charge is -2.20. The van der Waals surface area contributed by atoms with Crippen LogP contribution in [0.25, 0.3) is 0 Å². The summed E-state index contributed by atoms with van der Waals surface area (Å²) in [5, 5.41) is 5.37. The maximum atomic E-state index is 12.3. The Labute approximate surface area is 159 Å². The van der Waals surface area contributed by atoms with Gasteiger partial charge in [0.2, 0.25) is 0 Å². The number of alkyl carbamates (subject to hydrolysis) is 1. The van der Waals surface area contributed by atoms with Gasteiger partial charge in [-0.1, -0.05) is 57.0 Å². The van der Waals surface area contributed by atoms with E-state index in [4.69, 9.17) is 9.47 Å². The molecule has 1 aliphatic carbocycles. The molecule has 0 heterocycles. The Balaban J connectivity index is 1.75. The molecular weight excluding hydrogens is 348 g/mol. The largest absolute Gasteiger partial charge is 0.454 e. The number of carbonyl (C=O) groups is 3. The maximum Gasteiger partial charge on any atom is 0.408 e. The topological polar surface area (TPSA) is 93.7 Å². The summed E-state index contributed by atoms with van der Waals surface area (Å²) >= 11 is 0. The van der Waals surface area contributed by atoms with Crippen molar-refractivity contribution in [2.45, 2.75) is 58.2 Å². The molecule has 1 fully saturated rings. The Morgan fingerprint density at radius 1 is 1.07 bits per heavy atom. The fraction of sp³-hybridized carbons (Fsp3) is 0.550. The highest BCUT2D eigenvalue weighted by Gasteiger charge is 2.27. The number of amides is 2. The number of esters is 1. The van der Waals surface area contributed by atoms with Gasteiger partial charge < -0.3 is 20.1 Å². The van der Waals surface area contributed by atoms with Crippen LogP contribution in [-0.4, -0.2) is 36.7 Å². The summed E-state index contributed by atoms with van der Waals surface area (Å²) in [5.41, 5.74) is 0.847. The Morgan fingerprint density at radius 2 is 1.74 bits per heavy atom. The summed E-state index contributed by atoms with van der Waals surface area (Å²) in [6.45, 7) is 3.32. The van der Waals surface area contributed by atoms with Crippen molar-refractivity contribution in [1.82, 2.24) is 10.6 Å². The predicted molar refractivity (Wildman–Crippen MR) is 99.7 cm³/mol. The van der Waals surface area contributed by atoms with Crippen LogP contribution in [0.2, 0.25) is 0 Å². The number of ether oxygens (including phenoxy) is 2. The molecule has 2 amide bonds. The van der Waals surface area contributed by atoms with E-state index in [0.29, 0.717) is 0 Å². The van der Waals surface area contributed by atoms with Gasteiger partial charge >= 0.3 is 12.1 Å². The summed E-state index contributed by atoms with van der Waals surface area (Å²) in [5.74, 6) is -1.17. The van der Waals surface area contributed by atoms with Gasteiger partial charge in [-0.2, -0.15) is 0 Å². The highest BCUT2D eigenvalue weighted by atomic mass is 16.6. The highest BCUT2D eigenvalue weighted by Crippen LogP contribution is 2.17. The SMILES string of the molecule is CC(C)[C@H](NC(=O)OCc1ccccc1)C(=O)OCC(=O)NC1CCCC1. The fourth-order valence-electron chi connectivity index (χ4n) is 2.96. The van der Waals surface area contributed by atoms with Gasteiger partial charge in [0.1, 0.15) is 12.6 Å². The number of rotatable bonds is 8. The van der Waals surface area contributed by atoms with Crippen LogP contribution >= 0.6 is 0 Å². The first-order chi connectivity index (χ1) is 13.0. The zero-order chi connectivity index (χ0) is 19.6. The van der Waals surface area contributed by atoms with Crippen molar-refractivity contribution in [2.24, 2.45) is 5.92 Å². The molecule has 0 radical (unpaired) electrons. The third kappa shape index (κ3) is 7.29. The molecule has 0 saturated heterocycles. The number of hydrogen-bond donors (Lipinski definition) is 2. The van der Waals surface area contributed by atoms with Crippen molar-refractivity contribution in [3.63, 3.8) is 0 Å². The molecular formula is C20H28N2O5. The lowest BCUT2D eigenvalue weighted by Crippen LogP contribution is -2.46. The second kappa shape index (κ2) is 10.5. The molecule has 27 heavy (non-hydrogen) atoms. The van der Waals surface area contributed by atoms with Crippen molar-refractivity contribution >= 4 is 18.0 Å². The Morgan fingerprint density at radius 3 is 2.37 bits per heavy atom. The van der Waals surface area contributed by atoms with Gasteiger partial charge in [-0.15, -0.1) is 0 Å². The molecule has 2 N–H and O–H groups in total. The van der Waals surface area contributed by atoms with Gasteiger partial charge in [-0.25, -0.2) is 9.59 Å². The van der Waals surface area contributed by atoms with E-state index in [9.17, 15) is 14.4 Å². The van der Waals surface area contributed by atoms with Crippen LogP contribution in [0.4, 0.5) is 4.79 Å². The summed E-state index contributed by atoms with van der Waals surface area (Å²) < 4.78 is 10.2. The molecule has 1 aromatic carbocycles. The zero-order valence-corrected chi connectivity index (χ0v) is 15.9. The number of carbonyl (C=O) groups excluding carboxylic acids is 3.